The van der Waals surface area contributed by atoms with E-state index in [1.165, 1.54) is 36.5 Å². The predicted molar refractivity (Wildman–Crippen MR) is 139 cm³/mol. The summed E-state index contributed by atoms with van der Waals surface area (Å²) in [6.07, 6.45) is 9.47. The lowest BCUT2D eigenvalue weighted by Crippen LogP contribution is -2.41. The SMILES string of the molecule is C/C=C\C(=C/C1=CCCC1CCC)C(C)CN(CC(C)NCC)c1ccc(C(F)(F)F)c(C)c1. The molecule has 5 heteroatoms. The molecule has 3 unspecified atom stereocenters. The molecule has 0 fully saturated rings. The molecule has 2 rings (SSSR count). The van der Waals surface area contributed by atoms with Crippen molar-refractivity contribution in [3.63, 3.8) is 0 Å². The minimum atomic E-state index is -4.33. The molecule has 1 aliphatic carbocycles. The zero-order valence-corrected chi connectivity index (χ0v) is 21.8. The van der Waals surface area contributed by atoms with Gasteiger partial charge in [-0.1, -0.05) is 51.5 Å². The van der Waals surface area contributed by atoms with E-state index in [0.29, 0.717) is 5.92 Å². The van der Waals surface area contributed by atoms with Crippen molar-refractivity contribution in [3.8, 4) is 0 Å². The number of nitrogens with one attached hydrogen (secondary N) is 1. The maximum absolute atomic E-state index is 13.3. The summed E-state index contributed by atoms with van der Waals surface area (Å²) in [5.74, 6) is 0.872. The van der Waals surface area contributed by atoms with E-state index in [1.807, 2.05) is 6.92 Å². The molecule has 0 radical (unpaired) electrons. The van der Waals surface area contributed by atoms with Gasteiger partial charge >= 0.3 is 6.18 Å². The third kappa shape index (κ3) is 8.04. The summed E-state index contributed by atoms with van der Waals surface area (Å²) in [7, 11) is 0. The van der Waals surface area contributed by atoms with Crippen molar-refractivity contribution in [2.45, 2.75) is 79.4 Å². The molecule has 190 valence electrons. The third-order valence-corrected chi connectivity index (χ3v) is 6.69. The number of rotatable bonds is 12. The van der Waals surface area contributed by atoms with Crippen molar-refractivity contribution >= 4 is 5.69 Å². The molecule has 1 aromatic rings. The highest BCUT2D eigenvalue weighted by Crippen LogP contribution is 2.35. The second kappa shape index (κ2) is 13.2. The van der Waals surface area contributed by atoms with Gasteiger partial charge in [-0.05, 0) is 93.3 Å². The molecule has 34 heavy (non-hydrogen) atoms. The Kier molecular flexibility index (Phi) is 10.9. The minimum Gasteiger partial charge on any atom is -0.369 e. The molecule has 0 amide bonds. The Morgan fingerprint density at radius 2 is 1.94 bits per heavy atom. The number of alkyl halides is 3. The number of aryl methyl sites for hydroxylation is 1. The molecule has 0 aromatic heterocycles. The van der Waals surface area contributed by atoms with Gasteiger partial charge in [0.2, 0.25) is 0 Å². The van der Waals surface area contributed by atoms with E-state index < -0.39 is 11.7 Å². The number of likely N-dealkylation sites (N-methyl/N-ethyl adjacent to an activating group) is 1. The fourth-order valence-corrected chi connectivity index (χ4v) is 4.99. The van der Waals surface area contributed by atoms with Gasteiger partial charge in [0.05, 0.1) is 5.56 Å². The number of halogens is 3. The maximum Gasteiger partial charge on any atom is 0.416 e. The van der Waals surface area contributed by atoms with Crippen LogP contribution in [0.3, 0.4) is 0 Å². The van der Waals surface area contributed by atoms with Crippen LogP contribution in [0.5, 0.6) is 0 Å². The van der Waals surface area contributed by atoms with E-state index in [4.69, 9.17) is 0 Å². The number of allylic oxidation sites excluding steroid dienone is 5. The molecule has 3 atom stereocenters. The smallest absolute Gasteiger partial charge is 0.369 e. The highest BCUT2D eigenvalue weighted by atomic mass is 19.4. The van der Waals surface area contributed by atoms with Crippen LogP contribution in [-0.2, 0) is 6.18 Å². The molecule has 0 saturated heterocycles. The van der Waals surface area contributed by atoms with Gasteiger partial charge in [-0.2, -0.15) is 13.2 Å². The van der Waals surface area contributed by atoms with Crippen molar-refractivity contribution in [3.05, 3.63) is 64.8 Å². The average Bonchev–Trinajstić information content (AvgIpc) is 3.19. The Morgan fingerprint density at radius 1 is 1.21 bits per heavy atom. The molecule has 2 nitrogen and oxygen atoms in total. The van der Waals surface area contributed by atoms with Gasteiger partial charge in [0.1, 0.15) is 0 Å². The molecule has 1 aromatic carbocycles. The normalized spacial score (nSPS) is 18.9. The quantitative estimate of drug-likeness (QED) is 0.307. The Morgan fingerprint density at radius 3 is 2.53 bits per heavy atom. The van der Waals surface area contributed by atoms with Gasteiger partial charge < -0.3 is 10.2 Å². The fourth-order valence-electron chi connectivity index (χ4n) is 4.99. The lowest BCUT2D eigenvalue weighted by atomic mass is 9.91. The van der Waals surface area contributed by atoms with E-state index in [1.54, 1.807) is 19.1 Å². The monoisotopic (exact) mass is 476 g/mol. The van der Waals surface area contributed by atoms with Gasteiger partial charge in [0.15, 0.2) is 0 Å². The zero-order valence-electron chi connectivity index (χ0n) is 21.8. The number of anilines is 1. The first kappa shape index (κ1) is 28.2. The molecule has 1 N–H and O–H groups in total. The third-order valence-electron chi connectivity index (χ3n) is 6.69. The highest BCUT2D eigenvalue weighted by Gasteiger charge is 2.32. The first-order valence-electron chi connectivity index (χ1n) is 12.8. The topological polar surface area (TPSA) is 15.3 Å². The van der Waals surface area contributed by atoms with Crippen molar-refractivity contribution in [1.82, 2.24) is 5.32 Å². The van der Waals surface area contributed by atoms with Crippen molar-refractivity contribution < 1.29 is 13.2 Å². The first-order chi connectivity index (χ1) is 16.1. The van der Waals surface area contributed by atoms with Crippen LogP contribution in [0.25, 0.3) is 0 Å². The molecular formula is C29H43F3N2. The van der Waals surface area contributed by atoms with Crippen molar-refractivity contribution in [1.29, 1.82) is 0 Å². The minimum absolute atomic E-state index is 0.223. The second-order valence-corrected chi connectivity index (χ2v) is 9.67. The van der Waals surface area contributed by atoms with Gasteiger partial charge in [-0.15, -0.1) is 0 Å². The summed E-state index contributed by atoms with van der Waals surface area (Å²) < 4.78 is 40.0. The molecule has 0 heterocycles. The van der Waals surface area contributed by atoms with Gasteiger partial charge in [-0.3, -0.25) is 0 Å². The van der Waals surface area contributed by atoms with Crippen LogP contribution < -0.4 is 10.2 Å². The van der Waals surface area contributed by atoms with Crippen LogP contribution in [0.2, 0.25) is 0 Å². The average molecular weight is 477 g/mol. The number of benzene rings is 1. The summed E-state index contributed by atoms with van der Waals surface area (Å²) in [6.45, 7) is 14.6. The highest BCUT2D eigenvalue weighted by molar-refractivity contribution is 5.52. The van der Waals surface area contributed by atoms with E-state index in [2.05, 4.69) is 62.2 Å². The number of hydrogen-bond donors (Lipinski definition) is 1. The summed E-state index contributed by atoms with van der Waals surface area (Å²) in [5, 5.41) is 3.44. The van der Waals surface area contributed by atoms with E-state index in [9.17, 15) is 13.2 Å². The molecule has 0 saturated carbocycles. The summed E-state index contributed by atoms with van der Waals surface area (Å²) >= 11 is 0. The van der Waals surface area contributed by atoms with Crippen LogP contribution in [0.1, 0.15) is 71.4 Å². The molecule has 0 aliphatic heterocycles. The standard InChI is InChI=1S/C29H43F3N2/c1-7-11-24-13-10-14-26(24)18-25(12-8-2)22(5)19-34(20-23(6)33-9-3)27-15-16-28(21(4)17-27)29(30,31)32/h8,12,14-18,22-24,33H,7,9-11,13,19-20H2,1-6H3/b12-8-,25-18+. The molecular weight excluding hydrogens is 433 g/mol. The Bertz CT molecular complexity index is 867. The van der Waals surface area contributed by atoms with Gasteiger partial charge in [0.25, 0.3) is 0 Å². The lowest BCUT2D eigenvalue weighted by molar-refractivity contribution is -0.138. The number of nitrogens with zero attached hydrogens (tertiary/aromatic N) is 1. The van der Waals surface area contributed by atoms with E-state index >= 15 is 0 Å². The predicted octanol–water partition coefficient (Wildman–Crippen LogP) is 8.09. The Hall–Kier alpha value is -2.01. The van der Waals surface area contributed by atoms with Gasteiger partial charge in [0, 0.05) is 24.8 Å². The van der Waals surface area contributed by atoms with Crippen LogP contribution in [0, 0.1) is 18.8 Å². The number of hydrogen-bond acceptors (Lipinski definition) is 2. The van der Waals surface area contributed by atoms with Crippen molar-refractivity contribution in [2.24, 2.45) is 11.8 Å². The summed E-state index contributed by atoms with van der Waals surface area (Å²) in [4.78, 5) is 2.23. The Labute approximate surface area is 205 Å². The lowest BCUT2D eigenvalue weighted by Gasteiger charge is -2.32. The largest absolute Gasteiger partial charge is 0.416 e. The summed E-state index contributed by atoms with van der Waals surface area (Å²) in [6, 6.07) is 4.75. The van der Waals surface area contributed by atoms with Crippen molar-refractivity contribution in [2.75, 3.05) is 24.5 Å². The summed E-state index contributed by atoms with van der Waals surface area (Å²) in [5.41, 5.74) is 3.27. The zero-order chi connectivity index (χ0) is 25.3. The fraction of sp³-hybridized carbons (Fsp3) is 0.586. The second-order valence-electron chi connectivity index (χ2n) is 9.67. The van der Waals surface area contributed by atoms with E-state index in [0.717, 1.165) is 31.7 Å². The first-order valence-corrected chi connectivity index (χ1v) is 12.8. The Balaban J connectivity index is 2.33. The van der Waals surface area contributed by atoms with Crippen LogP contribution in [0.15, 0.2) is 53.6 Å². The van der Waals surface area contributed by atoms with Gasteiger partial charge in [-0.25, -0.2) is 0 Å². The maximum atomic E-state index is 13.3. The van der Waals surface area contributed by atoms with E-state index in [-0.39, 0.29) is 17.5 Å². The van der Waals surface area contributed by atoms with Crippen LogP contribution >= 0.6 is 0 Å². The molecule has 1 aliphatic rings. The molecule has 0 spiro atoms. The van der Waals surface area contributed by atoms with Crippen LogP contribution in [0.4, 0.5) is 18.9 Å². The van der Waals surface area contributed by atoms with Crippen LogP contribution in [-0.4, -0.2) is 25.7 Å². The molecule has 0 bridgehead atoms.